The summed E-state index contributed by atoms with van der Waals surface area (Å²) in [4.78, 5) is 18.7. The molecule has 1 aliphatic rings. The molecule has 0 spiro atoms. The average Bonchev–Trinajstić information content (AvgIpc) is 2.75. The van der Waals surface area contributed by atoms with E-state index in [2.05, 4.69) is 0 Å². The van der Waals surface area contributed by atoms with Gasteiger partial charge in [0.05, 0.1) is 9.79 Å². The molecule has 0 radical (unpaired) electrons. The molecule has 3 rings (SSSR count). The van der Waals surface area contributed by atoms with Crippen LogP contribution in [0.15, 0.2) is 70.5 Å². The Kier molecular flexibility index (Phi) is 7.67. The predicted molar refractivity (Wildman–Crippen MR) is 106 cm³/mol. The summed E-state index contributed by atoms with van der Waals surface area (Å²) in [5, 5.41) is 14.8. The third-order valence-corrected chi connectivity index (χ3v) is 7.97. The van der Waals surface area contributed by atoms with Gasteiger partial charge in [-0.2, -0.15) is 8.61 Å². The van der Waals surface area contributed by atoms with E-state index in [9.17, 15) is 16.8 Å². The van der Waals surface area contributed by atoms with Gasteiger partial charge in [0, 0.05) is 26.2 Å². The molecule has 1 aliphatic heterocycles. The summed E-state index contributed by atoms with van der Waals surface area (Å²) in [5.74, 6) is -3.65. The number of nitrogens with zero attached hydrogens (tertiary/aromatic N) is 2. The molecule has 12 heteroatoms. The van der Waals surface area contributed by atoms with Gasteiger partial charge in [-0.1, -0.05) is 36.4 Å². The number of sulfonamides is 2. The van der Waals surface area contributed by atoms with Gasteiger partial charge in [-0.3, -0.25) is 0 Å². The average molecular weight is 456 g/mol. The van der Waals surface area contributed by atoms with Gasteiger partial charge < -0.3 is 10.2 Å². The number of carboxylic acids is 2. The molecule has 0 saturated carbocycles. The maximum Gasteiger partial charge on any atom is 0.414 e. The fraction of sp³-hybridized carbons (Fsp3) is 0.222. The molecule has 1 fully saturated rings. The molecule has 0 unspecified atom stereocenters. The summed E-state index contributed by atoms with van der Waals surface area (Å²) < 4.78 is 53.0. The Bertz CT molecular complexity index is 990. The lowest BCUT2D eigenvalue weighted by Crippen LogP contribution is -2.50. The molecule has 2 aromatic rings. The highest BCUT2D eigenvalue weighted by Crippen LogP contribution is 2.21. The van der Waals surface area contributed by atoms with Gasteiger partial charge in [0.15, 0.2) is 0 Å². The zero-order valence-electron chi connectivity index (χ0n) is 15.7. The molecule has 2 aromatic carbocycles. The number of carboxylic acid groups (broad SMARTS) is 2. The first-order chi connectivity index (χ1) is 14.1. The van der Waals surface area contributed by atoms with Crippen molar-refractivity contribution in [3.05, 3.63) is 60.7 Å². The summed E-state index contributed by atoms with van der Waals surface area (Å²) in [7, 11) is -7.17. The van der Waals surface area contributed by atoms with Gasteiger partial charge in [0.1, 0.15) is 0 Å². The second-order valence-corrected chi connectivity index (χ2v) is 9.92. The minimum absolute atomic E-state index is 0.142. The van der Waals surface area contributed by atoms with Crippen molar-refractivity contribution in [2.75, 3.05) is 26.2 Å². The van der Waals surface area contributed by atoms with Gasteiger partial charge in [-0.15, -0.1) is 0 Å². The standard InChI is InChI=1S/C16H18N2O4S2.C2H2O4/c19-23(20,15-7-3-1-4-8-15)17-11-13-18(14-12-17)24(21,22)16-9-5-2-6-10-16;3-1(4)2(5)6/h1-10H,11-14H2;(H,3,4)(H,5,6). The summed E-state index contributed by atoms with van der Waals surface area (Å²) in [6, 6.07) is 16.4. The fourth-order valence-corrected chi connectivity index (χ4v) is 5.52. The van der Waals surface area contributed by atoms with Gasteiger partial charge in [-0.25, -0.2) is 26.4 Å². The van der Waals surface area contributed by atoms with E-state index >= 15 is 0 Å². The zero-order chi connectivity index (χ0) is 22.4. The lowest BCUT2D eigenvalue weighted by atomic mass is 10.4. The van der Waals surface area contributed by atoms with Crippen molar-refractivity contribution in [3.63, 3.8) is 0 Å². The molecule has 0 aromatic heterocycles. The largest absolute Gasteiger partial charge is 0.473 e. The zero-order valence-corrected chi connectivity index (χ0v) is 17.3. The molecule has 162 valence electrons. The van der Waals surface area contributed by atoms with Crippen LogP contribution >= 0.6 is 0 Å². The van der Waals surface area contributed by atoms with Crippen LogP contribution in [0, 0.1) is 0 Å². The van der Waals surface area contributed by atoms with Gasteiger partial charge >= 0.3 is 11.9 Å². The van der Waals surface area contributed by atoms with Crippen LogP contribution in [-0.4, -0.2) is 73.8 Å². The van der Waals surface area contributed by atoms with E-state index in [1.165, 1.54) is 8.61 Å². The third-order valence-electron chi connectivity index (χ3n) is 4.14. The summed E-state index contributed by atoms with van der Waals surface area (Å²) in [5.41, 5.74) is 0. The van der Waals surface area contributed by atoms with Crippen LogP contribution in [0.4, 0.5) is 0 Å². The smallest absolute Gasteiger partial charge is 0.414 e. The number of piperazine rings is 1. The topological polar surface area (TPSA) is 149 Å². The van der Waals surface area contributed by atoms with Crippen LogP contribution in [0.2, 0.25) is 0 Å². The monoisotopic (exact) mass is 456 g/mol. The second-order valence-electron chi connectivity index (χ2n) is 6.04. The van der Waals surface area contributed by atoms with Crippen LogP contribution in [0.25, 0.3) is 0 Å². The first kappa shape index (κ1) is 23.5. The van der Waals surface area contributed by atoms with E-state index in [1.807, 2.05) is 0 Å². The van der Waals surface area contributed by atoms with E-state index in [-0.39, 0.29) is 36.0 Å². The molecule has 0 aliphatic carbocycles. The normalized spacial score (nSPS) is 15.6. The first-order valence-corrected chi connectivity index (χ1v) is 11.5. The van der Waals surface area contributed by atoms with Crippen LogP contribution < -0.4 is 0 Å². The lowest BCUT2D eigenvalue weighted by Gasteiger charge is -2.33. The number of carbonyl (C=O) groups is 2. The van der Waals surface area contributed by atoms with Crippen molar-refractivity contribution >= 4 is 32.0 Å². The van der Waals surface area contributed by atoms with E-state index in [4.69, 9.17) is 19.8 Å². The third kappa shape index (κ3) is 5.63. The number of hydrogen-bond acceptors (Lipinski definition) is 6. The maximum atomic E-state index is 12.6. The molecule has 1 heterocycles. The SMILES string of the molecule is O=C(O)C(=O)O.O=S(=O)(c1ccccc1)N1CCN(S(=O)(=O)c2ccccc2)CC1. The van der Waals surface area contributed by atoms with E-state index < -0.39 is 32.0 Å². The van der Waals surface area contributed by atoms with Gasteiger partial charge in [-0.05, 0) is 24.3 Å². The van der Waals surface area contributed by atoms with Gasteiger partial charge in [0.2, 0.25) is 20.0 Å². The molecular weight excluding hydrogens is 436 g/mol. The van der Waals surface area contributed by atoms with Crippen molar-refractivity contribution in [2.45, 2.75) is 9.79 Å². The Morgan fingerprint density at radius 1 is 0.600 bits per heavy atom. The minimum atomic E-state index is -3.58. The number of aliphatic carboxylic acids is 2. The van der Waals surface area contributed by atoms with Crippen LogP contribution in [0.5, 0.6) is 0 Å². The Morgan fingerprint density at radius 2 is 0.867 bits per heavy atom. The summed E-state index contributed by atoms with van der Waals surface area (Å²) >= 11 is 0. The number of hydrogen-bond donors (Lipinski definition) is 2. The number of rotatable bonds is 4. The van der Waals surface area contributed by atoms with Crippen molar-refractivity contribution in [1.82, 2.24) is 8.61 Å². The Balaban J connectivity index is 0.000000469. The Hall–Kier alpha value is -2.80. The molecule has 2 N–H and O–H groups in total. The quantitative estimate of drug-likeness (QED) is 0.633. The summed E-state index contributed by atoms with van der Waals surface area (Å²) in [6.45, 7) is 0.569. The van der Waals surface area contributed by atoms with Crippen LogP contribution in [0.3, 0.4) is 0 Å². The van der Waals surface area contributed by atoms with Crippen molar-refractivity contribution < 1.29 is 36.6 Å². The Labute approximate surface area is 174 Å². The predicted octanol–water partition coefficient (Wildman–Crippen LogP) is 0.537. The second kappa shape index (κ2) is 9.80. The molecule has 0 bridgehead atoms. The molecule has 0 atom stereocenters. The molecule has 10 nitrogen and oxygen atoms in total. The Morgan fingerprint density at radius 3 is 1.10 bits per heavy atom. The van der Waals surface area contributed by atoms with Crippen LogP contribution in [0.1, 0.15) is 0 Å². The van der Waals surface area contributed by atoms with E-state index in [0.717, 1.165) is 0 Å². The first-order valence-electron chi connectivity index (χ1n) is 8.63. The van der Waals surface area contributed by atoms with Crippen molar-refractivity contribution in [3.8, 4) is 0 Å². The fourth-order valence-electron chi connectivity index (χ4n) is 2.63. The lowest BCUT2D eigenvalue weighted by molar-refractivity contribution is -0.159. The molecular formula is C18H20N2O8S2. The van der Waals surface area contributed by atoms with Crippen LogP contribution in [-0.2, 0) is 29.6 Å². The van der Waals surface area contributed by atoms with Crippen molar-refractivity contribution in [1.29, 1.82) is 0 Å². The number of benzene rings is 2. The highest BCUT2D eigenvalue weighted by molar-refractivity contribution is 7.89. The van der Waals surface area contributed by atoms with E-state index in [1.54, 1.807) is 60.7 Å². The highest BCUT2D eigenvalue weighted by atomic mass is 32.2. The van der Waals surface area contributed by atoms with E-state index in [0.29, 0.717) is 0 Å². The molecule has 1 saturated heterocycles. The maximum absolute atomic E-state index is 12.6. The minimum Gasteiger partial charge on any atom is -0.473 e. The van der Waals surface area contributed by atoms with Crippen molar-refractivity contribution in [2.24, 2.45) is 0 Å². The summed E-state index contributed by atoms with van der Waals surface area (Å²) in [6.07, 6.45) is 0. The molecule has 30 heavy (non-hydrogen) atoms. The molecule has 0 amide bonds. The highest BCUT2D eigenvalue weighted by Gasteiger charge is 2.33. The van der Waals surface area contributed by atoms with Gasteiger partial charge in [0.25, 0.3) is 0 Å².